The Morgan fingerprint density at radius 3 is 2.60 bits per heavy atom. The van der Waals surface area contributed by atoms with E-state index in [4.69, 9.17) is 12.2 Å². The average Bonchev–Trinajstić information content (AvgIpc) is 2.78. The summed E-state index contributed by atoms with van der Waals surface area (Å²) in [4.78, 5) is 0. The second-order valence-corrected chi connectivity index (χ2v) is 7.14. The second-order valence-electron chi connectivity index (χ2n) is 6.75. The van der Waals surface area contributed by atoms with E-state index in [9.17, 15) is 0 Å². The van der Waals surface area contributed by atoms with Crippen molar-refractivity contribution in [3.8, 4) is 0 Å². The molecule has 0 amide bonds. The van der Waals surface area contributed by atoms with Gasteiger partial charge in [-0.15, -0.1) is 0 Å². The molecule has 3 nitrogen and oxygen atoms in total. The monoisotopic (exact) mass is 295 g/mol. The first-order chi connectivity index (χ1) is 9.61. The molecule has 1 heterocycles. The van der Waals surface area contributed by atoms with Gasteiger partial charge in [-0.1, -0.05) is 40.0 Å². The third kappa shape index (κ3) is 3.94. The number of rotatable bonds is 6. The molecule has 1 fully saturated rings. The molecular weight excluding hydrogens is 266 g/mol. The molecule has 0 unspecified atom stereocenters. The summed E-state index contributed by atoms with van der Waals surface area (Å²) in [6, 6.07) is 0. The summed E-state index contributed by atoms with van der Waals surface area (Å²) in [6.45, 7) is 7.75. The maximum atomic E-state index is 5.39. The van der Waals surface area contributed by atoms with Crippen molar-refractivity contribution < 1.29 is 0 Å². The van der Waals surface area contributed by atoms with Gasteiger partial charge in [0.15, 0.2) is 4.77 Å². The van der Waals surface area contributed by atoms with Crippen LogP contribution < -0.4 is 0 Å². The van der Waals surface area contributed by atoms with E-state index in [0.29, 0.717) is 11.8 Å². The van der Waals surface area contributed by atoms with Crippen LogP contribution in [-0.4, -0.2) is 14.8 Å². The molecular formula is C16H29N3S. The van der Waals surface area contributed by atoms with Gasteiger partial charge in [-0.25, -0.2) is 0 Å². The van der Waals surface area contributed by atoms with Crippen LogP contribution in [0.3, 0.4) is 0 Å². The molecule has 114 valence electrons. The van der Waals surface area contributed by atoms with Gasteiger partial charge in [-0.2, -0.15) is 5.10 Å². The highest BCUT2D eigenvalue weighted by molar-refractivity contribution is 7.71. The number of nitrogens with one attached hydrogen (secondary N) is 1. The quantitative estimate of drug-likeness (QED) is 0.744. The Morgan fingerprint density at radius 1 is 1.30 bits per heavy atom. The molecule has 0 atom stereocenters. The van der Waals surface area contributed by atoms with Crippen LogP contribution in [-0.2, 0) is 6.54 Å². The lowest BCUT2D eigenvalue weighted by Crippen LogP contribution is -2.18. The molecule has 0 aliphatic heterocycles. The number of aromatic nitrogens is 3. The minimum atomic E-state index is 0.610. The molecule has 20 heavy (non-hydrogen) atoms. The van der Waals surface area contributed by atoms with Crippen molar-refractivity contribution in [2.24, 2.45) is 11.8 Å². The molecule has 1 aliphatic carbocycles. The molecule has 0 bridgehead atoms. The normalized spacial score (nSPS) is 23.4. The standard InChI is InChI=1S/C16H29N3S/c1-4-5-6-13-7-9-14(10-8-13)15-17-18-16(20)19(15)11-12(2)3/h12-14H,4-11H2,1-3H3,(H,18,20). The van der Waals surface area contributed by atoms with Gasteiger partial charge in [0.2, 0.25) is 0 Å². The van der Waals surface area contributed by atoms with E-state index in [-0.39, 0.29) is 0 Å². The van der Waals surface area contributed by atoms with Crippen molar-refractivity contribution in [3.05, 3.63) is 10.6 Å². The Hall–Kier alpha value is -0.640. The number of nitrogens with zero attached hydrogens (tertiary/aromatic N) is 2. The summed E-state index contributed by atoms with van der Waals surface area (Å²) in [6.07, 6.45) is 9.44. The van der Waals surface area contributed by atoms with Gasteiger partial charge in [-0.3, -0.25) is 5.10 Å². The fourth-order valence-corrected chi connectivity index (χ4v) is 3.60. The largest absolute Gasteiger partial charge is 0.304 e. The van der Waals surface area contributed by atoms with Crippen LogP contribution >= 0.6 is 12.2 Å². The first-order valence-corrected chi connectivity index (χ1v) is 8.67. The Balaban J connectivity index is 1.98. The Labute approximate surface area is 128 Å². The first-order valence-electron chi connectivity index (χ1n) is 8.26. The van der Waals surface area contributed by atoms with E-state index in [1.54, 1.807) is 0 Å². The van der Waals surface area contributed by atoms with Crippen molar-refractivity contribution >= 4 is 12.2 Å². The number of hydrogen-bond acceptors (Lipinski definition) is 2. The second kappa shape index (κ2) is 7.39. The minimum Gasteiger partial charge on any atom is -0.304 e. The number of unbranched alkanes of at least 4 members (excludes halogenated alkanes) is 1. The van der Waals surface area contributed by atoms with Gasteiger partial charge in [0.25, 0.3) is 0 Å². The van der Waals surface area contributed by atoms with E-state index < -0.39 is 0 Å². The summed E-state index contributed by atoms with van der Waals surface area (Å²) >= 11 is 5.39. The highest BCUT2D eigenvalue weighted by Gasteiger charge is 2.25. The van der Waals surface area contributed by atoms with Crippen LogP contribution in [0.25, 0.3) is 0 Å². The Bertz CT molecular complexity index is 453. The lowest BCUT2D eigenvalue weighted by Gasteiger charge is -2.28. The van der Waals surface area contributed by atoms with E-state index in [0.717, 1.165) is 17.2 Å². The predicted octanol–water partition coefficient (Wildman–Crippen LogP) is 5.06. The van der Waals surface area contributed by atoms with Gasteiger partial charge >= 0.3 is 0 Å². The molecule has 4 heteroatoms. The van der Waals surface area contributed by atoms with Gasteiger partial charge in [0, 0.05) is 12.5 Å². The SMILES string of the molecule is CCCCC1CCC(c2n[nH]c(=S)n2CC(C)C)CC1. The highest BCUT2D eigenvalue weighted by Crippen LogP contribution is 2.37. The van der Waals surface area contributed by atoms with Crippen LogP contribution in [0.5, 0.6) is 0 Å². The summed E-state index contributed by atoms with van der Waals surface area (Å²) in [7, 11) is 0. The molecule has 2 rings (SSSR count). The van der Waals surface area contributed by atoms with Crippen molar-refractivity contribution in [3.63, 3.8) is 0 Å². The lowest BCUT2D eigenvalue weighted by atomic mass is 9.79. The fraction of sp³-hybridized carbons (Fsp3) is 0.875. The van der Waals surface area contributed by atoms with E-state index in [2.05, 4.69) is 35.5 Å². The van der Waals surface area contributed by atoms with Gasteiger partial charge in [0.05, 0.1) is 0 Å². The van der Waals surface area contributed by atoms with Gasteiger partial charge in [-0.05, 0) is 49.7 Å². The molecule has 0 radical (unpaired) electrons. The third-order valence-electron chi connectivity index (χ3n) is 4.51. The lowest BCUT2D eigenvalue weighted by molar-refractivity contribution is 0.292. The van der Waals surface area contributed by atoms with Crippen molar-refractivity contribution in [2.45, 2.75) is 78.2 Å². The van der Waals surface area contributed by atoms with Crippen LogP contribution in [0.2, 0.25) is 0 Å². The summed E-state index contributed by atoms with van der Waals surface area (Å²) < 4.78 is 3.03. The van der Waals surface area contributed by atoms with Crippen molar-refractivity contribution in [1.82, 2.24) is 14.8 Å². The van der Waals surface area contributed by atoms with E-state index in [1.165, 1.54) is 50.8 Å². The summed E-state index contributed by atoms with van der Waals surface area (Å²) in [5.41, 5.74) is 0. The summed E-state index contributed by atoms with van der Waals surface area (Å²) in [5.74, 6) is 3.38. The van der Waals surface area contributed by atoms with Gasteiger partial charge < -0.3 is 4.57 Å². The molecule has 1 aromatic rings. The van der Waals surface area contributed by atoms with Crippen LogP contribution in [0.15, 0.2) is 0 Å². The molecule has 0 aromatic carbocycles. The number of hydrogen-bond donors (Lipinski definition) is 1. The highest BCUT2D eigenvalue weighted by atomic mass is 32.1. The number of aromatic amines is 1. The molecule has 1 N–H and O–H groups in total. The zero-order chi connectivity index (χ0) is 14.5. The third-order valence-corrected chi connectivity index (χ3v) is 4.83. The topological polar surface area (TPSA) is 33.6 Å². The first kappa shape index (κ1) is 15.7. The zero-order valence-corrected chi connectivity index (χ0v) is 14.0. The van der Waals surface area contributed by atoms with Crippen molar-refractivity contribution in [2.75, 3.05) is 0 Å². The van der Waals surface area contributed by atoms with E-state index >= 15 is 0 Å². The van der Waals surface area contributed by atoms with Gasteiger partial charge in [0.1, 0.15) is 5.82 Å². The zero-order valence-electron chi connectivity index (χ0n) is 13.2. The minimum absolute atomic E-state index is 0.610. The van der Waals surface area contributed by atoms with E-state index in [1.807, 2.05) is 0 Å². The number of H-pyrrole nitrogens is 1. The smallest absolute Gasteiger partial charge is 0.195 e. The molecule has 0 spiro atoms. The summed E-state index contributed by atoms with van der Waals surface area (Å²) in [5, 5.41) is 7.53. The van der Waals surface area contributed by atoms with Crippen molar-refractivity contribution in [1.29, 1.82) is 0 Å². The Kier molecular flexibility index (Phi) is 5.82. The molecule has 1 aromatic heterocycles. The van der Waals surface area contributed by atoms with Crippen LogP contribution in [0, 0.1) is 16.6 Å². The fourth-order valence-electron chi connectivity index (χ4n) is 3.39. The van der Waals surface area contributed by atoms with Crippen LogP contribution in [0.4, 0.5) is 0 Å². The molecule has 1 saturated carbocycles. The average molecular weight is 295 g/mol. The maximum absolute atomic E-state index is 5.39. The predicted molar refractivity (Wildman–Crippen MR) is 86.5 cm³/mol. The molecule has 1 aliphatic rings. The maximum Gasteiger partial charge on any atom is 0.195 e. The van der Waals surface area contributed by atoms with Crippen LogP contribution in [0.1, 0.15) is 77.5 Å². The molecule has 0 saturated heterocycles. The Morgan fingerprint density at radius 2 is 2.00 bits per heavy atom.